The van der Waals surface area contributed by atoms with Gasteiger partial charge in [0.2, 0.25) is 11.8 Å². The van der Waals surface area contributed by atoms with Crippen LogP contribution in [-0.2, 0) is 9.59 Å². The molecule has 3 aliphatic rings. The fourth-order valence-corrected chi connectivity index (χ4v) is 3.28. The Hall–Kier alpha value is -1.11. The summed E-state index contributed by atoms with van der Waals surface area (Å²) >= 11 is 0. The van der Waals surface area contributed by atoms with E-state index in [1.54, 1.807) is 0 Å². The molecule has 1 N–H and O–H groups in total. The summed E-state index contributed by atoms with van der Waals surface area (Å²) in [5.41, 5.74) is -1.95. The van der Waals surface area contributed by atoms with Crippen LogP contribution in [0, 0.1) is 0 Å². The summed E-state index contributed by atoms with van der Waals surface area (Å²) in [4.78, 5) is 25.3. The van der Waals surface area contributed by atoms with E-state index in [4.69, 9.17) is 0 Å². The molecule has 1 atom stereocenters. The Morgan fingerprint density at radius 2 is 1.75 bits per heavy atom. The Morgan fingerprint density at radius 1 is 1.15 bits per heavy atom. The van der Waals surface area contributed by atoms with Crippen LogP contribution in [0.2, 0.25) is 0 Å². The number of nitrogens with zero attached hydrogens (tertiary/aromatic N) is 1. The molecule has 0 aromatic rings. The lowest BCUT2D eigenvalue weighted by Gasteiger charge is -2.25. The Kier molecular flexibility index (Phi) is 3.08. The topological polar surface area (TPSA) is 49.4 Å². The third-order valence-corrected chi connectivity index (χ3v) is 4.62. The van der Waals surface area contributed by atoms with Gasteiger partial charge >= 0.3 is 6.18 Å². The standard InChI is InChI=1S/C13H17F3N2O2/c14-13(15,16)12(5-6-12)17-9-7-10(19)18(11(9)20)8-3-1-2-4-8/h8-9,17H,1-7H2. The minimum atomic E-state index is -4.36. The van der Waals surface area contributed by atoms with Crippen LogP contribution in [-0.4, -0.2) is 40.5 Å². The van der Waals surface area contributed by atoms with Crippen molar-refractivity contribution in [1.29, 1.82) is 0 Å². The van der Waals surface area contributed by atoms with Crippen molar-refractivity contribution >= 4 is 11.8 Å². The second-order valence-electron chi connectivity index (χ2n) is 6.02. The number of rotatable bonds is 3. The molecule has 1 saturated heterocycles. The van der Waals surface area contributed by atoms with Crippen molar-refractivity contribution < 1.29 is 22.8 Å². The lowest BCUT2D eigenvalue weighted by molar-refractivity contribution is -0.168. The average Bonchev–Trinajstić information content (AvgIpc) is 2.85. The molecule has 7 heteroatoms. The molecule has 1 heterocycles. The number of halogens is 3. The fraction of sp³-hybridized carbons (Fsp3) is 0.846. The zero-order chi connectivity index (χ0) is 14.5. The Bertz CT molecular complexity index is 439. The Morgan fingerprint density at radius 3 is 2.25 bits per heavy atom. The molecule has 2 amide bonds. The van der Waals surface area contributed by atoms with E-state index in [0.717, 1.165) is 25.7 Å². The van der Waals surface area contributed by atoms with Gasteiger partial charge in [-0.2, -0.15) is 13.2 Å². The molecule has 0 aromatic heterocycles. The Balaban J connectivity index is 1.70. The highest BCUT2D eigenvalue weighted by atomic mass is 19.4. The molecule has 0 radical (unpaired) electrons. The van der Waals surface area contributed by atoms with Gasteiger partial charge in [-0.05, 0) is 25.7 Å². The van der Waals surface area contributed by atoms with Crippen LogP contribution in [0.5, 0.6) is 0 Å². The van der Waals surface area contributed by atoms with Crippen LogP contribution >= 0.6 is 0 Å². The highest BCUT2D eigenvalue weighted by Gasteiger charge is 2.65. The minimum absolute atomic E-state index is 0.0160. The van der Waals surface area contributed by atoms with Crippen molar-refractivity contribution in [3.8, 4) is 0 Å². The second-order valence-corrected chi connectivity index (χ2v) is 6.02. The number of carbonyl (C=O) groups excluding carboxylic acids is 2. The molecule has 1 unspecified atom stereocenters. The molecular formula is C13H17F3N2O2. The first kappa shape index (κ1) is 13.9. The largest absolute Gasteiger partial charge is 0.406 e. The summed E-state index contributed by atoms with van der Waals surface area (Å²) in [6.07, 6.45) is -1.07. The van der Waals surface area contributed by atoms with Gasteiger partial charge in [-0.3, -0.25) is 19.8 Å². The van der Waals surface area contributed by atoms with E-state index in [1.807, 2.05) is 0 Å². The van der Waals surface area contributed by atoms with Gasteiger partial charge in [-0.15, -0.1) is 0 Å². The molecule has 4 nitrogen and oxygen atoms in total. The predicted molar refractivity (Wildman–Crippen MR) is 63.7 cm³/mol. The highest BCUT2D eigenvalue weighted by Crippen LogP contribution is 2.49. The summed E-state index contributed by atoms with van der Waals surface area (Å²) in [5.74, 6) is -0.810. The molecular weight excluding hydrogens is 273 g/mol. The first-order chi connectivity index (χ1) is 9.34. The first-order valence-corrected chi connectivity index (χ1v) is 7.04. The van der Waals surface area contributed by atoms with E-state index < -0.39 is 23.7 Å². The summed E-state index contributed by atoms with van der Waals surface area (Å²) in [6, 6.07) is -1.12. The van der Waals surface area contributed by atoms with Crippen molar-refractivity contribution in [3.63, 3.8) is 0 Å². The number of hydrogen-bond donors (Lipinski definition) is 1. The van der Waals surface area contributed by atoms with E-state index in [2.05, 4.69) is 5.32 Å². The van der Waals surface area contributed by atoms with Crippen LogP contribution in [0.25, 0.3) is 0 Å². The zero-order valence-electron chi connectivity index (χ0n) is 11.0. The van der Waals surface area contributed by atoms with Gasteiger partial charge < -0.3 is 0 Å². The maximum atomic E-state index is 12.9. The second kappa shape index (κ2) is 4.44. The van der Waals surface area contributed by atoms with Gasteiger partial charge in [0.25, 0.3) is 0 Å². The van der Waals surface area contributed by atoms with E-state index >= 15 is 0 Å². The summed E-state index contributed by atoms with van der Waals surface area (Å²) in [6.45, 7) is 0. The average molecular weight is 290 g/mol. The van der Waals surface area contributed by atoms with Gasteiger partial charge in [0.05, 0.1) is 12.5 Å². The van der Waals surface area contributed by atoms with Crippen LogP contribution in [0.4, 0.5) is 13.2 Å². The third kappa shape index (κ3) is 2.12. The number of imide groups is 1. The molecule has 1 aliphatic heterocycles. The van der Waals surface area contributed by atoms with Crippen LogP contribution < -0.4 is 5.32 Å². The zero-order valence-corrected chi connectivity index (χ0v) is 11.0. The maximum Gasteiger partial charge on any atom is 0.406 e. The summed E-state index contributed by atoms with van der Waals surface area (Å²) in [5, 5.41) is 2.40. The first-order valence-electron chi connectivity index (χ1n) is 7.04. The minimum Gasteiger partial charge on any atom is -0.292 e. The van der Waals surface area contributed by atoms with Gasteiger partial charge in [0, 0.05) is 6.04 Å². The quantitative estimate of drug-likeness (QED) is 0.806. The number of carbonyl (C=O) groups is 2. The van der Waals surface area contributed by atoms with Crippen LogP contribution in [0.1, 0.15) is 44.9 Å². The van der Waals surface area contributed by atoms with Crippen molar-refractivity contribution in [2.75, 3.05) is 0 Å². The molecule has 112 valence electrons. The predicted octanol–water partition coefficient (Wildman–Crippen LogP) is 1.74. The van der Waals surface area contributed by atoms with E-state index in [-0.39, 0.29) is 31.2 Å². The van der Waals surface area contributed by atoms with Crippen molar-refractivity contribution in [3.05, 3.63) is 0 Å². The molecule has 0 bridgehead atoms. The Labute approximate surface area is 114 Å². The monoisotopic (exact) mass is 290 g/mol. The number of alkyl halides is 3. The van der Waals surface area contributed by atoms with Crippen molar-refractivity contribution in [2.24, 2.45) is 0 Å². The normalized spacial score (nSPS) is 30.4. The van der Waals surface area contributed by atoms with Gasteiger partial charge in [-0.25, -0.2) is 0 Å². The molecule has 0 aromatic carbocycles. The molecule has 2 saturated carbocycles. The van der Waals surface area contributed by atoms with E-state index in [1.165, 1.54) is 4.90 Å². The summed E-state index contributed by atoms with van der Waals surface area (Å²) in [7, 11) is 0. The number of hydrogen-bond acceptors (Lipinski definition) is 3. The third-order valence-electron chi connectivity index (χ3n) is 4.62. The number of amides is 2. The van der Waals surface area contributed by atoms with Crippen LogP contribution in [0.15, 0.2) is 0 Å². The van der Waals surface area contributed by atoms with Gasteiger partial charge in [0.15, 0.2) is 0 Å². The van der Waals surface area contributed by atoms with E-state index in [9.17, 15) is 22.8 Å². The lowest BCUT2D eigenvalue weighted by atomic mass is 10.1. The van der Waals surface area contributed by atoms with E-state index in [0.29, 0.717) is 0 Å². The molecule has 20 heavy (non-hydrogen) atoms. The number of likely N-dealkylation sites (tertiary alicyclic amines) is 1. The molecule has 0 spiro atoms. The van der Waals surface area contributed by atoms with Gasteiger partial charge in [0.1, 0.15) is 5.54 Å². The number of nitrogens with one attached hydrogen (secondary N) is 1. The maximum absolute atomic E-state index is 12.9. The molecule has 3 rings (SSSR count). The van der Waals surface area contributed by atoms with Crippen LogP contribution in [0.3, 0.4) is 0 Å². The van der Waals surface area contributed by atoms with Crippen molar-refractivity contribution in [1.82, 2.24) is 10.2 Å². The van der Waals surface area contributed by atoms with Crippen molar-refractivity contribution in [2.45, 2.75) is 68.7 Å². The van der Waals surface area contributed by atoms with Gasteiger partial charge in [-0.1, -0.05) is 12.8 Å². The smallest absolute Gasteiger partial charge is 0.292 e. The molecule has 3 fully saturated rings. The summed E-state index contributed by atoms with van der Waals surface area (Å²) < 4.78 is 38.7. The lowest BCUT2D eigenvalue weighted by Crippen LogP contribution is -2.52. The SMILES string of the molecule is O=C1CC(NC2(C(F)(F)F)CC2)C(=O)N1C1CCCC1. The molecule has 2 aliphatic carbocycles. The fourth-order valence-electron chi connectivity index (χ4n) is 3.28. The highest BCUT2D eigenvalue weighted by molar-refractivity contribution is 6.06.